The van der Waals surface area contributed by atoms with Crippen LogP contribution in [-0.4, -0.2) is 12.0 Å². The van der Waals surface area contributed by atoms with Crippen molar-refractivity contribution >= 4 is 17.5 Å². The van der Waals surface area contributed by atoms with Crippen LogP contribution < -0.4 is 10.1 Å². The number of nitrogens with one attached hydrogen (secondary N) is 1. The Bertz CT molecular complexity index is 877. The predicted octanol–water partition coefficient (Wildman–Crippen LogP) is 5.32. The van der Waals surface area contributed by atoms with E-state index in [1.807, 2.05) is 61.5 Å². The zero-order chi connectivity index (χ0) is 19.2. The number of aryl methyl sites for hydroxylation is 1. The number of ether oxygens (including phenoxy) is 1. The summed E-state index contributed by atoms with van der Waals surface area (Å²) in [6, 6.07) is 24.8. The molecule has 0 fully saturated rings. The molecule has 0 spiro atoms. The lowest BCUT2D eigenvalue weighted by atomic mass is 9.97. The fourth-order valence-corrected chi connectivity index (χ4v) is 2.92. The number of rotatable bonds is 6. The minimum Gasteiger partial charge on any atom is -0.481 e. The highest BCUT2D eigenvalue weighted by molar-refractivity contribution is 6.30. The fourth-order valence-electron chi connectivity index (χ4n) is 2.79. The third-order valence-corrected chi connectivity index (χ3v) is 4.58. The van der Waals surface area contributed by atoms with Gasteiger partial charge in [0, 0.05) is 5.02 Å². The lowest BCUT2D eigenvalue weighted by Crippen LogP contribution is -2.39. The largest absolute Gasteiger partial charge is 0.481 e. The molecule has 3 rings (SSSR count). The predicted molar refractivity (Wildman–Crippen MR) is 109 cm³/mol. The normalized spacial score (nSPS) is 12.9. The van der Waals surface area contributed by atoms with Crippen LogP contribution in [0.3, 0.4) is 0 Å². The van der Waals surface area contributed by atoms with Gasteiger partial charge >= 0.3 is 0 Å². The molecule has 0 aliphatic rings. The molecule has 3 aromatic carbocycles. The van der Waals surface area contributed by atoms with Gasteiger partial charge in [0.25, 0.3) is 5.91 Å². The van der Waals surface area contributed by atoms with Gasteiger partial charge in [-0.1, -0.05) is 71.8 Å². The van der Waals surface area contributed by atoms with Crippen molar-refractivity contribution in [3.8, 4) is 5.75 Å². The van der Waals surface area contributed by atoms with Crippen molar-refractivity contribution in [2.24, 2.45) is 0 Å². The van der Waals surface area contributed by atoms with E-state index in [1.165, 1.54) is 5.56 Å². The molecule has 0 saturated heterocycles. The van der Waals surface area contributed by atoms with Gasteiger partial charge in [-0.2, -0.15) is 0 Å². The van der Waals surface area contributed by atoms with E-state index in [0.717, 1.165) is 11.1 Å². The second-order valence-electron chi connectivity index (χ2n) is 6.48. The fraction of sp³-hybridized carbons (Fsp3) is 0.174. The van der Waals surface area contributed by atoms with Crippen LogP contribution in [0.2, 0.25) is 5.02 Å². The van der Waals surface area contributed by atoms with E-state index in [0.29, 0.717) is 10.8 Å². The SMILES string of the molecule is Cc1ccc(C(NC(=O)C(C)Oc2ccc(Cl)cc2)c2ccccc2)cc1. The first kappa shape index (κ1) is 19.0. The van der Waals surface area contributed by atoms with Gasteiger partial charge in [0.2, 0.25) is 0 Å². The van der Waals surface area contributed by atoms with Crippen molar-refractivity contribution in [3.05, 3.63) is 101 Å². The molecule has 2 unspecified atom stereocenters. The van der Waals surface area contributed by atoms with Gasteiger partial charge in [-0.25, -0.2) is 0 Å². The number of amides is 1. The topological polar surface area (TPSA) is 38.3 Å². The first-order valence-electron chi connectivity index (χ1n) is 8.87. The van der Waals surface area contributed by atoms with Gasteiger partial charge in [0.15, 0.2) is 6.10 Å². The maximum atomic E-state index is 12.8. The van der Waals surface area contributed by atoms with Crippen LogP contribution in [0, 0.1) is 6.92 Å². The Morgan fingerprint density at radius 1 is 0.889 bits per heavy atom. The second kappa shape index (κ2) is 8.74. The molecule has 1 N–H and O–H groups in total. The second-order valence-corrected chi connectivity index (χ2v) is 6.91. The molecular formula is C23H22ClNO2. The summed E-state index contributed by atoms with van der Waals surface area (Å²) in [6.07, 6.45) is -0.636. The van der Waals surface area contributed by atoms with Gasteiger partial charge in [-0.15, -0.1) is 0 Å². The highest BCUT2D eigenvalue weighted by Crippen LogP contribution is 2.23. The molecule has 0 radical (unpaired) electrons. The highest BCUT2D eigenvalue weighted by atomic mass is 35.5. The minimum atomic E-state index is -0.636. The lowest BCUT2D eigenvalue weighted by Gasteiger charge is -2.23. The van der Waals surface area contributed by atoms with E-state index in [9.17, 15) is 4.79 Å². The van der Waals surface area contributed by atoms with E-state index in [1.54, 1.807) is 31.2 Å². The van der Waals surface area contributed by atoms with Crippen molar-refractivity contribution < 1.29 is 9.53 Å². The molecule has 0 aliphatic carbocycles. The number of carbonyl (C=O) groups is 1. The van der Waals surface area contributed by atoms with Crippen LogP contribution in [0.1, 0.15) is 29.7 Å². The highest BCUT2D eigenvalue weighted by Gasteiger charge is 2.21. The Hall–Kier alpha value is -2.78. The molecule has 1 amide bonds. The first-order chi connectivity index (χ1) is 13.0. The summed E-state index contributed by atoms with van der Waals surface area (Å²) in [5.41, 5.74) is 3.23. The Morgan fingerprint density at radius 2 is 1.48 bits per heavy atom. The van der Waals surface area contributed by atoms with E-state index >= 15 is 0 Å². The number of hydrogen-bond donors (Lipinski definition) is 1. The van der Waals surface area contributed by atoms with Gasteiger partial charge in [-0.3, -0.25) is 4.79 Å². The maximum absolute atomic E-state index is 12.8. The first-order valence-corrected chi connectivity index (χ1v) is 9.25. The molecule has 0 saturated carbocycles. The Balaban J connectivity index is 1.77. The van der Waals surface area contributed by atoms with Gasteiger partial charge in [0.1, 0.15) is 5.75 Å². The third kappa shape index (κ3) is 5.11. The molecule has 0 aliphatic heterocycles. The van der Waals surface area contributed by atoms with E-state index < -0.39 is 6.10 Å². The van der Waals surface area contributed by atoms with E-state index in [4.69, 9.17) is 16.3 Å². The number of halogens is 1. The molecular weight excluding hydrogens is 358 g/mol. The average molecular weight is 380 g/mol. The summed E-state index contributed by atoms with van der Waals surface area (Å²) in [6.45, 7) is 3.78. The number of carbonyl (C=O) groups excluding carboxylic acids is 1. The standard InChI is InChI=1S/C23H22ClNO2/c1-16-8-10-19(11-9-16)22(18-6-4-3-5-7-18)25-23(26)17(2)27-21-14-12-20(24)13-15-21/h3-15,17,22H,1-2H3,(H,25,26). The Morgan fingerprint density at radius 3 is 2.11 bits per heavy atom. The molecule has 0 bridgehead atoms. The van der Waals surface area contributed by atoms with Crippen LogP contribution >= 0.6 is 11.6 Å². The van der Waals surface area contributed by atoms with Gasteiger partial charge < -0.3 is 10.1 Å². The maximum Gasteiger partial charge on any atom is 0.261 e. The summed E-state index contributed by atoms with van der Waals surface area (Å²) in [5, 5.41) is 3.74. The van der Waals surface area contributed by atoms with E-state index in [2.05, 4.69) is 5.32 Å². The molecule has 3 aromatic rings. The Labute approximate surface area is 164 Å². The lowest BCUT2D eigenvalue weighted by molar-refractivity contribution is -0.127. The summed E-state index contributed by atoms with van der Waals surface area (Å²) in [7, 11) is 0. The van der Waals surface area contributed by atoms with Crippen molar-refractivity contribution in [1.82, 2.24) is 5.32 Å². The van der Waals surface area contributed by atoms with E-state index in [-0.39, 0.29) is 11.9 Å². The van der Waals surface area contributed by atoms with Crippen molar-refractivity contribution in [2.45, 2.75) is 26.0 Å². The summed E-state index contributed by atoms with van der Waals surface area (Å²) in [5.74, 6) is 0.424. The van der Waals surface area contributed by atoms with Crippen LogP contribution in [0.5, 0.6) is 5.75 Å². The monoisotopic (exact) mass is 379 g/mol. The molecule has 2 atom stereocenters. The van der Waals surface area contributed by atoms with Crippen LogP contribution in [0.25, 0.3) is 0 Å². The third-order valence-electron chi connectivity index (χ3n) is 4.33. The van der Waals surface area contributed by atoms with Crippen LogP contribution in [0.15, 0.2) is 78.9 Å². The molecule has 27 heavy (non-hydrogen) atoms. The Kier molecular flexibility index (Phi) is 6.15. The van der Waals surface area contributed by atoms with Crippen molar-refractivity contribution in [2.75, 3.05) is 0 Å². The molecule has 0 heterocycles. The zero-order valence-corrected chi connectivity index (χ0v) is 16.1. The molecule has 138 valence electrons. The average Bonchev–Trinajstić information content (AvgIpc) is 2.69. The van der Waals surface area contributed by atoms with Gasteiger partial charge in [0.05, 0.1) is 6.04 Å². The number of hydrogen-bond acceptors (Lipinski definition) is 2. The summed E-state index contributed by atoms with van der Waals surface area (Å²) in [4.78, 5) is 12.8. The zero-order valence-electron chi connectivity index (χ0n) is 15.4. The van der Waals surface area contributed by atoms with Crippen molar-refractivity contribution in [1.29, 1.82) is 0 Å². The van der Waals surface area contributed by atoms with Crippen LogP contribution in [0.4, 0.5) is 0 Å². The summed E-state index contributed by atoms with van der Waals surface area (Å²) < 4.78 is 5.75. The minimum absolute atomic E-state index is 0.181. The van der Waals surface area contributed by atoms with Crippen molar-refractivity contribution in [3.63, 3.8) is 0 Å². The molecule has 3 nitrogen and oxygen atoms in total. The molecule has 0 aromatic heterocycles. The van der Waals surface area contributed by atoms with Crippen LogP contribution in [-0.2, 0) is 4.79 Å². The molecule has 4 heteroatoms. The number of benzene rings is 3. The summed E-state index contributed by atoms with van der Waals surface area (Å²) >= 11 is 5.89. The quantitative estimate of drug-likeness (QED) is 0.629. The van der Waals surface area contributed by atoms with Gasteiger partial charge in [-0.05, 0) is 49.2 Å². The smallest absolute Gasteiger partial charge is 0.261 e.